The second kappa shape index (κ2) is 4.90. The number of ether oxygens (including phenoxy) is 1. The van der Waals surface area contributed by atoms with E-state index in [-0.39, 0.29) is 5.54 Å². The van der Waals surface area contributed by atoms with Gasteiger partial charge in [0.25, 0.3) is 0 Å². The van der Waals surface area contributed by atoms with Gasteiger partial charge in [-0.2, -0.15) is 0 Å². The number of fused-ring (bicyclic) bond motifs is 1. The Morgan fingerprint density at radius 2 is 2.15 bits per heavy atom. The van der Waals surface area contributed by atoms with Crippen molar-refractivity contribution in [3.05, 3.63) is 23.0 Å². The van der Waals surface area contributed by atoms with Crippen molar-refractivity contribution in [2.45, 2.75) is 31.3 Å². The molecule has 0 amide bonds. The Balaban J connectivity index is 2.08. The summed E-state index contributed by atoms with van der Waals surface area (Å²) in [5.74, 6) is 0.847. The molecule has 1 aromatic heterocycles. The Morgan fingerprint density at radius 3 is 2.70 bits per heavy atom. The summed E-state index contributed by atoms with van der Waals surface area (Å²) in [5.41, 5.74) is 2.37. The number of nitrogens with one attached hydrogen (secondary N) is 1. The minimum absolute atomic E-state index is 0.246. The third-order valence-electron chi connectivity index (χ3n) is 4.68. The van der Waals surface area contributed by atoms with Crippen molar-refractivity contribution in [1.29, 1.82) is 0 Å². The summed E-state index contributed by atoms with van der Waals surface area (Å²) < 4.78 is 8.40. The van der Waals surface area contributed by atoms with Crippen LogP contribution in [0.4, 0.5) is 0 Å². The van der Waals surface area contributed by atoms with Crippen LogP contribution in [-0.2, 0) is 6.54 Å². The number of likely N-dealkylation sites (N-methyl/N-ethyl adjacent to an activating group) is 1. The van der Waals surface area contributed by atoms with Crippen molar-refractivity contribution >= 4 is 23.3 Å². The molecule has 1 N–H and O–H groups in total. The van der Waals surface area contributed by atoms with Crippen molar-refractivity contribution in [3.8, 4) is 5.75 Å². The van der Waals surface area contributed by atoms with E-state index in [1.165, 1.54) is 19.3 Å². The van der Waals surface area contributed by atoms with Crippen molar-refractivity contribution in [2.24, 2.45) is 0 Å². The van der Waals surface area contributed by atoms with Gasteiger partial charge in [0.1, 0.15) is 11.3 Å². The van der Waals surface area contributed by atoms with E-state index in [2.05, 4.69) is 34.6 Å². The number of para-hydroxylation sites is 1. The molecule has 2 aromatic rings. The van der Waals surface area contributed by atoms with E-state index >= 15 is 0 Å². The molecule has 0 unspecified atom stereocenters. The lowest BCUT2D eigenvalue weighted by Gasteiger charge is -2.47. The second-order valence-electron chi connectivity index (χ2n) is 5.84. The number of hydrogen-bond acceptors (Lipinski definition) is 3. The maximum Gasteiger partial charge on any atom is 0.178 e. The van der Waals surface area contributed by atoms with Crippen molar-refractivity contribution in [2.75, 3.05) is 21.2 Å². The summed E-state index contributed by atoms with van der Waals surface area (Å²) in [7, 11) is 6.02. The van der Waals surface area contributed by atoms with Crippen molar-refractivity contribution in [1.82, 2.24) is 14.5 Å². The molecule has 5 heteroatoms. The van der Waals surface area contributed by atoms with E-state index in [0.717, 1.165) is 28.1 Å². The summed E-state index contributed by atoms with van der Waals surface area (Å²) in [6.45, 7) is 0.937. The number of nitrogens with zero attached hydrogens (tertiary/aromatic N) is 2. The van der Waals surface area contributed by atoms with Gasteiger partial charge in [-0.15, -0.1) is 0 Å². The molecule has 20 heavy (non-hydrogen) atoms. The Hall–Kier alpha value is -1.33. The van der Waals surface area contributed by atoms with Crippen LogP contribution in [0.25, 0.3) is 11.0 Å². The maximum atomic E-state index is 5.52. The van der Waals surface area contributed by atoms with Crippen LogP contribution in [0.15, 0.2) is 18.2 Å². The molecular weight excluding hydrogens is 270 g/mol. The first kappa shape index (κ1) is 13.6. The van der Waals surface area contributed by atoms with Gasteiger partial charge in [-0.3, -0.25) is 0 Å². The fraction of sp³-hybridized carbons (Fsp3) is 0.533. The van der Waals surface area contributed by atoms with Gasteiger partial charge in [0.05, 0.1) is 12.6 Å². The summed E-state index contributed by atoms with van der Waals surface area (Å²) >= 11 is 5.52. The van der Waals surface area contributed by atoms with Crippen molar-refractivity contribution < 1.29 is 4.74 Å². The minimum atomic E-state index is 0.246. The van der Waals surface area contributed by atoms with E-state index in [0.29, 0.717) is 0 Å². The van der Waals surface area contributed by atoms with E-state index < -0.39 is 0 Å². The molecule has 0 atom stereocenters. The number of H-pyrrole nitrogens is 1. The number of aromatic amines is 1. The lowest BCUT2D eigenvalue weighted by molar-refractivity contribution is 0.0431. The molecule has 0 aliphatic heterocycles. The van der Waals surface area contributed by atoms with Crippen LogP contribution >= 0.6 is 12.2 Å². The first-order valence-electron chi connectivity index (χ1n) is 7.00. The van der Waals surface area contributed by atoms with Crippen LogP contribution in [-0.4, -0.2) is 41.2 Å². The minimum Gasteiger partial charge on any atom is -0.494 e. The molecule has 108 valence electrons. The van der Waals surface area contributed by atoms with Gasteiger partial charge in [-0.25, -0.2) is 0 Å². The molecular formula is C15H21N3OS. The topological polar surface area (TPSA) is 33.2 Å². The normalized spacial score (nSPS) is 17.4. The number of hydrogen-bond donors (Lipinski definition) is 1. The summed E-state index contributed by atoms with van der Waals surface area (Å²) in [5, 5.41) is 0. The van der Waals surface area contributed by atoms with Crippen LogP contribution in [0.3, 0.4) is 0 Å². The highest BCUT2D eigenvalue weighted by Crippen LogP contribution is 2.38. The standard InChI is InChI=1S/C15H21N3OS/c1-17(2)15(8-5-9-15)10-18-11-6-4-7-12(19-3)13(11)16-14(18)20/h4,6-7H,5,8-10H2,1-3H3,(H,16,20). The van der Waals surface area contributed by atoms with Gasteiger partial charge < -0.3 is 19.2 Å². The molecule has 1 heterocycles. The highest BCUT2D eigenvalue weighted by atomic mass is 32.1. The van der Waals surface area contributed by atoms with Gasteiger partial charge in [0, 0.05) is 12.1 Å². The van der Waals surface area contributed by atoms with Crippen LogP contribution < -0.4 is 4.74 Å². The maximum absolute atomic E-state index is 5.52. The zero-order valence-corrected chi connectivity index (χ0v) is 13.1. The second-order valence-corrected chi connectivity index (χ2v) is 6.23. The summed E-state index contributed by atoms with van der Waals surface area (Å²) in [4.78, 5) is 5.64. The number of imidazole rings is 1. The zero-order chi connectivity index (χ0) is 14.3. The largest absolute Gasteiger partial charge is 0.494 e. The molecule has 4 nitrogen and oxygen atoms in total. The van der Waals surface area contributed by atoms with E-state index in [1.54, 1.807) is 7.11 Å². The monoisotopic (exact) mass is 291 g/mol. The van der Waals surface area contributed by atoms with Gasteiger partial charge >= 0.3 is 0 Å². The summed E-state index contributed by atoms with van der Waals surface area (Å²) in [6.07, 6.45) is 3.77. The first-order chi connectivity index (χ1) is 9.57. The van der Waals surface area contributed by atoms with Gasteiger partial charge in [-0.05, 0) is 57.7 Å². The smallest absolute Gasteiger partial charge is 0.178 e. The highest BCUT2D eigenvalue weighted by molar-refractivity contribution is 7.71. The Labute approximate surface area is 124 Å². The molecule has 1 aliphatic rings. The molecule has 3 rings (SSSR count). The van der Waals surface area contributed by atoms with Gasteiger partial charge in [0.2, 0.25) is 0 Å². The van der Waals surface area contributed by atoms with E-state index in [1.807, 2.05) is 12.1 Å². The fourth-order valence-corrected chi connectivity index (χ4v) is 3.37. The van der Waals surface area contributed by atoms with Crippen molar-refractivity contribution in [3.63, 3.8) is 0 Å². The van der Waals surface area contributed by atoms with Crippen LogP contribution in [0.1, 0.15) is 19.3 Å². The van der Waals surface area contributed by atoms with Gasteiger partial charge in [0.15, 0.2) is 4.77 Å². The molecule has 1 aromatic carbocycles. The van der Waals surface area contributed by atoms with Gasteiger partial charge in [-0.1, -0.05) is 6.07 Å². The van der Waals surface area contributed by atoms with Crippen LogP contribution in [0.2, 0.25) is 0 Å². The van der Waals surface area contributed by atoms with Crippen LogP contribution in [0, 0.1) is 4.77 Å². The number of aromatic nitrogens is 2. The number of methoxy groups -OCH3 is 1. The average Bonchev–Trinajstić information content (AvgIpc) is 2.69. The lowest BCUT2D eigenvalue weighted by Crippen LogP contribution is -2.53. The van der Waals surface area contributed by atoms with Crippen LogP contribution in [0.5, 0.6) is 5.75 Å². The highest BCUT2D eigenvalue weighted by Gasteiger charge is 2.39. The number of benzene rings is 1. The molecule has 0 bridgehead atoms. The Bertz CT molecular complexity index is 682. The molecule has 1 saturated carbocycles. The third kappa shape index (κ3) is 1.96. The SMILES string of the molecule is COc1cccc2c1[nH]c(=S)n2CC1(N(C)C)CCC1. The molecule has 1 fully saturated rings. The quantitative estimate of drug-likeness (QED) is 0.878. The Kier molecular flexibility index (Phi) is 3.34. The molecule has 1 aliphatic carbocycles. The first-order valence-corrected chi connectivity index (χ1v) is 7.41. The fourth-order valence-electron chi connectivity index (χ4n) is 3.11. The lowest BCUT2D eigenvalue weighted by atomic mass is 9.75. The van der Waals surface area contributed by atoms with E-state index in [9.17, 15) is 0 Å². The summed E-state index contributed by atoms with van der Waals surface area (Å²) in [6, 6.07) is 6.08. The Morgan fingerprint density at radius 1 is 1.40 bits per heavy atom. The van der Waals surface area contributed by atoms with E-state index in [4.69, 9.17) is 17.0 Å². The predicted molar refractivity (Wildman–Crippen MR) is 83.9 cm³/mol. The molecule has 0 spiro atoms. The predicted octanol–water partition coefficient (Wildman–Crippen LogP) is 3.19. The molecule has 0 saturated heterocycles. The zero-order valence-electron chi connectivity index (χ0n) is 12.3. The molecule has 0 radical (unpaired) electrons. The number of rotatable bonds is 4. The average molecular weight is 291 g/mol. The third-order valence-corrected chi connectivity index (χ3v) is 5.00.